The molecule has 4 rings (SSSR count). The highest BCUT2D eigenvalue weighted by Gasteiger charge is 2.30. The van der Waals surface area contributed by atoms with E-state index in [1.807, 2.05) is 53.4 Å². The summed E-state index contributed by atoms with van der Waals surface area (Å²) in [6, 6.07) is 21.4. The van der Waals surface area contributed by atoms with E-state index >= 15 is 0 Å². The van der Waals surface area contributed by atoms with E-state index in [4.69, 9.17) is 4.74 Å². The average molecular weight is 445 g/mol. The monoisotopic (exact) mass is 444 g/mol. The quantitative estimate of drug-likeness (QED) is 0.607. The number of benzene rings is 2. The summed E-state index contributed by atoms with van der Waals surface area (Å²) in [5.41, 5.74) is 2.26. The smallest absolute Gasteiger partial charge is 0.252 e. The number of piperazine rings is 1. The maximum Gasteiger partial charge on any atom is 0.252 e. The van der Waals surface area contributed by atoms with Crippen molar-refractivity contribution < 1.29 is 14.3 Å². The van der Waals surface area contributed by atoms with E-state index < -0.39 is 6.04 Å². The number of carbonyl (C=O) groups excluding carboxylic acids is 2. The zero-order chi connectivity index (χ0) is 23.0. The first-order valence-electron chi connectivity index (χ1n) is 11.0. The number of carbonyl (C=O) groups is 2. The molecule has 0 bridgehead atoms. The van der Waals surface area contributed by atoms with Crippen molar-refractivity contribution in [2.24, 2.45) is 0 Å². The predicted molar refractivity (Wildman–Crippen MR) is 126 cm³/mol. The van der Waals surface area contributed by atoms with Crippen LogP contribution in [-0.4, -0.2) is 59.9 Å². The van der Waals surface area contributed by atoms with E-state index in [1.165, 1.54) is 0 Å². The van der Waals surface area contributed by atoms with Gasteiger partial charge in [0.25, 0.3) is 5.91 Å². The lowest BCUT2D eigenvalue weighted by Crippen LogP contribution is -2.51. The number of hydrogen-bond donors (Lipinski definition) is 1. The maximum absolute atomic E-state index is 13.5. The predicted octanol–water partition coefficient (Wildman–Crippen LogP) is 2.91. The topological polar surface area (TPSA) is 74.8 Å². The number of methoxy groups -OCH3 is 1. The van der Waals surface area contributed by atoms with Crippen molar-refractivity contribution in [2.75, 3.05) is 33.3 Å². The summed E-state index contributed by atoms with van der Waals surface area (Å²) >= 11 is 0. The molecule has 2 amide bonds. The minimum absolute atomic E-state index is 0.0967. The number of ether oxygens (including phenoxy) is 1. The standard InChI is InChI=1S/C26H28N4O3/c1-33-23-12-10-21(11-13-23)25(31)28-24(20-7-3-2-4-8-20)26(32)30-17-15-29(16-18-30)19-22-9-5-6-14-27-22/h2-14,24H,15-19H2,1H3,(H,28,31)/t24-/m1/s1. The van der Waals surface area contributed by atoms with Crippen molar-refractivity contribution in [1.29, 1.82) is 0 Å². The van der Waals surface area contributed by atoms with E-state index in [1.54, 1.807) is 37.6 Å². The SMILES string of the molecule is COc1ccc(C(=O)N[C@@H](C(=O)N2CCN(Cc3ccccn3)CC2)c2ccccc2)cc1. The zero-order valence-electron chi connectivity index (χ0n) is 18.7. The Morgan fingerprint density at radius 1 is 0.939 bits per heavy atom. The van der Waals surface area contributed by atoms with Crippen molar-refractivity contribution in [1.82, 2.24) is 20.1 Å². The molecule has 33 heavy (non-hydrogen) atoms. The van der Waals surface area contributed by atoms with Crippen LogP contribution in [-0.2, 0) is 11.3 Å². The second kappa shape index (κ2) is 10.7. The van der Waals surface area contributed by atoms with E-state index in [-0.39, 0.29) is 11.8 Å². The second-order valence-corrected chi connectivity index (χ2v) is 7.97. The minimum atomic E-state index is -0.747. The molecule has 7 heteroatoms. The van der Waals surface area contributed by atoms with Crippen LogP contribution in [0, 0.1) is 0 Å². The number of nitrogens with one attached hydrogen (secondary N) is 1. The summed E-state index contributed by atoms with van der Waals surface area (Å²) < 4.78 is 5.16. The third-order valence-corrected chi connectivity index (χ3v) is 5.80. The highest BCUT2D eigenvalue weighted by Crippen LogP contribution is 2.19. The number of aromatic nitrogens is 1. The fourth-order valence-electron chi connectivity index (χ4n) is 3.92. The Labute approximate surface area is 194 Å². The van der Waals surface area contributed by atoms with Crippen LogP contribution in [0.2, 0.25) is 0 Å². The highest BCUT2D eigenvalue weighted by atomic mass is 16.5. The molecule has 3 aromatic rings. The Morgan fingerprint density at radius 3 is 2.27 bits per heavy atom. The molecule has 1 fully saturated rings. The third-order valence-electron chi connectivity index (χ3n) is 5.80. The van der Waals surface area contributed by atoms with Crippen molar-refractivity contribution in [3.05, 3.63) is 95.8 Å². The van der Waals surface area contributed by atoms with Gasteiger partial charge >= 0.3 is 0 Å². The van der Waals surface area contributed by atoms with Crippen LogP contribution in [0.5, 0.6) is 5.75 Å². The van der Waals surface area contributed by atoms with E-state index in [2.05, 4.69) is 15.2 Å². The van der Waals surface area contributed by atoms with Gasteiger partial charge in [0.2, 0.25) is 5.91 Å². The summed E-state index contributed by atoms with van der Waals surface area (Å²) in [5, 5.41) is 2.94. The van der Waals surface area contributed by atoms with Gasteiger partial charge in [0.15, 0.2) is 0 Å². The number of rotatable bonds is 7. The van der Waals surface area contributed by atoms with Crippen LogP contribution < -0.4 is 10.1 Å². The molecular formula is C26H28N4O3. The van der Waals surface area contributed by atoms with Crippen LogP contribution in [0.1, 0.15) is 27.7 Å². The van der Waals surface area contributed by atoms with Crippen molar-refractivity contribution in [3.8, 4) is 5.75 Å². The Bertz CT molecular complexity index is 1050. The average Bonchev–Trinajstić information content (AvgIpc) is 2.88. The molecule has 2 aromatic carbocycles. The summed E-state index contributed by atoms with van der Waals surface area (Å²) in [6.45, 7) is 3.49. The Kier molecular flexibility index (Phi) is 7.32. The summed E-state index contributed by atoms with van der Waals surface area (Å²) in [5.74, 6) is 0.278. The summed E-state index contributed by atoms with van der Waals surface area (Å²) in [7, 11) is 1.58. The Morgan fingerprint density at radius 2 is 1.64 bits per heavy atom. The van der Waals surface area contributed by atoms with Crippen molar-refractivity contribution >= 4 is 11.8 Å². The molecule has 1 atom stereocenters. The molecule has 0 spiro atoms. The molecule has 0 unspecified atom stereocenters. The Balaban J connectivity index is 1.43. The van der Waals surface area contributed by atoms with Gasteiger partial charge in [-0.05, 0) is 42.0 Å². The van der Waals surface area contributed by atoms with Crippen molar-refractivity contribution in [3.63, 3.8) is 0 Å². The highest BCUT2D eigenvalue weighted by molar-refractivity contribution is 5.98. The minimum Gasteiger partial charge on any atom is -0.497 e. The van der Waals surface area contributed by atoms with Gasteiger partial charge in [-0.2, -0.15) is 0 Å². The fourth-order valence-corrected chi connectivity index (χ4v) is 3.92. The van der Waals surface area contributed by atoms with Crippen LogP contribution in [0.15, 0.2) is 79.0 Å². The van der Waals surface area contributed by atoms with Gasteiger partial charge in [-0.25, -0.2) is 0 Å². The molecule has 7 nitrogen and oxygen atoms in total. The first-order valence-corrected chi connectivity index (χ1v) is 11.0. The van der Waals surface area contributed by atoms with Gasteiger partial charge in [-0.15, -0.1) is 0 Å². The number of nitrogens with zero attached hydrogens (tertiary/aromatic N) is 3. The molecule has 1 N–H and O–H groups in total. The number of amides is 2. The van der Waals surface area contributed by atoms with Crippen molar-refractivity contribution in [2.45, 2.75) is 12.6 Å². The molecule has 1 saturated heterocycles. The van der Waals surface area contributed by atoms with Gasteiger partial charge in [0, 0.05) is 44.5 Å². The number of hydrogen-bond acceptors (Lipinski definition) is 5. The van der Waals surface area contributed by atoms with Crippen LogP contribution in [0.25, 0.3) is 0 Å². The number of pyridine rings is 1. The summed E-state index contributed by atoms with van der Waals surface area (Å²) in [6.07, 6.45) is 1.80. The zero-order valence-corrected chi connectivity index (χ0v) is 18.7. The van der Waals surface area contributed by atoms with E-state index in [0.717, 1.165) is 30.9 Å². The molecule has 1 aliphatic rings. The lowest BCUT2D eigenvalue weighted by molar-refractivity contribution is -0.135. The van der Waals surface area contributed by atoms with Crippen LogP contribution >= 0.6 is 0 Å². The third kappa shape index (κ3) is 5.75. The first kappa shape index (κ1) is 22.5. The normalized spacial score (nSPS) is 15.0. The van der Waals surface area contributed by atoms with Gasteiger partial charge in [0.05, 0.1) is 12.8 Å². The second-order valence-electron chi connectivity index (χ2n) is 7.97. The van der Waals surface area contributed by atoms with Gasteiger partial charge in [-0.3, -0.25) is 19.5 Å². The van der Waals surface area contributed by atoms with Crippen LogP contribution in [0.3, 0.4) is 0 Å². The molecule has 0 radical (unpaired) electrons. The molecule has 170 valence electrons. The molecule has 0 saturated carbocycles. The van der Waals surface area contributed by atoms with E-state index in [0.29, 0.717) is 24.4 Å². The van der Waals surface area contributed by atoms with Gasteiger partial charge in [-0.1, -0.05) is 36.4 Å². The molecule has 0 aliphatic carbocycles. The fraction of sp³-hybridized carbons (Fsp3) is 0.269. The first-order chi connectivity index (χ1) is 16.1. The summed E-state index contributed by atoms with van der Waals surface area (Å²) in [4.78, 5) is 34.9. The van der Waals surface area contributed by atoms with E-state index in [9.17, 15) is 9.59 Å². The van der Waals surface area contributed by atoms with Crippen LogP contribution in [0.4, 0.5) is 0 Å². The van der Waals surface area contributed by atoms with Gasteiger partial charge in [0.1, 0.15) is 11.8 Å². The maximum atomic E-state index is 13.5. The molecule has 2 heterocycles. The molecule has 1 aromatic heterocycles. The Hall–Kier alpha value is -3.71. The lowest BCUT2D eigenvalue weighted by atomic mass is 10.0. The largest absolute Gasteiger partial charge is 0.497 e. The molecule has 1 aliphatic heterocycles. The molecular weight excluding hydrogens is 416 g/mol. The lowest BCUT2D eigenvalue weighted by Gasteiger charge is -2.36. The van der Waals surface area contributed by atoms with Gasteiger partial charge < -0.3 is 15.0 Å².